The molecule has 2 N–H and O–H groups in total. The van der Waals surface area contributed by atoms with E-state index in [-0.39, 0.29) is 11.8 Å². The Morgan fingerprint density at radius 2 is 1.93 bits per heavy atom. The van der Waals surface area contributed by atoms with Crippen LogP contribution in [0.2, 0.25) is 0 Å². The number of rotatable bonds is 7. The number of aryl methyl sites for hydroxylation is 3. The lowest BCUT2D eigenvalue weighted by Gasteiger charge is -2.10. The minimum atomic E-state index is -0.244. The van der Waals surface area contributed by atoms with Crippen LogP contribution in [0.4, 0.5) is 11.4 Å². The molecule has 2 amide bonds. The highest BCUT2D eigenvalue weighted by atomic mass is 127. The normalized spacial score (nSPS) is 10.7. The highest BCUT2D eigenvalue weighted by molar-refractivity contribution is 14.1. The zero-order valence-electron chi connectivity index (χ0n) is 15.6. The lowest BCUT2D eigenvalue weighted by molar-refractivity contribution is -0.116. The number of amides is 2. The molecule has 0 aliphatic heterocycles. The van der Waals surface area contributed by atoms with Crippen LogP contribution < -0.4 is 10.6 Å². The summed E-state index contributed by atoms with van der Waals surface area (Å²) < 4.78 is 4.47. The molecule has 28 heavy (non-hydrogen) atoms. The average molecular weight is 492 g/mol. The number of aromatic nitrogens is 4. The third kappa shape index (κ3) is 4.97. The Morgan fingerprint density at radius 3 is 2.61 bits per heavy atom. The molecule has 3 aromatic rings. The van der Waals surface area contributed by atoms with Gasteiger partial charge in [-0.05, 0) is 60.7 Å². The largest absolute Gasteiger partial charge is 0.326 e. The Bertz CT molecular complexity index is 974. The van der Waals surface area contributed by atoms with E-state index < -0.39 is 0 Å². The van der Waals surface area contributed by atoms with Crippen molar-refractivity contribution in [3.05, 3.63) is 57.7 Å². The second-order valence-corrected chi connectivity index (χ2v) is 7.35. The third-order valence-electron chi connectivity index (χ3n) is 4.11. The maximum absolute atomic E-state index is 12.4. The number of halogens is 1. The van der Waals surface area contributed by atoms with E-state index in [0.29, 0.717) is 36.6 Å². The summed E-state index contributed by atoms with van der Waals surface area (Å²) in [6.45, 7) is 4.98. The van der Waals surface area contributed by atoms with Crippen molar-refractivity contribution in [3.8, 4) is 0 Å². The monoisotopic (exact) mass is 492 g/mol. The fraction of sp³-hybridized carbons (Fsp3) is 0.263. The van der Waals surface area contributed by atoms with Gasteiger partial charge in [0.2, 0.25) is 5.91 Å². The molecule has 0 aliphatic carbocycles. The second-order valence-electron chi connectivity index (χ2n) is 6.19. The van der Waals surface area contributed by atoms with Crippen molar-refractivity contribution in [1.29, 1.82) is 0 Å². The molecule has 146 valence electrons. The second kappa shape index (κ2) is 9.00. The number of benzene rings is 1. The van der Waals surface area contributed by atoms with Crippen LogP contribution in [-0.4, -0.2) is 31.4 Å². The van der Waals surface area contributed by atoms with Crippen LogP contribution in [-0.2, 0) is 17.9 Å². The first kappa shape index (κ1) is 20.1. The van der Waals surface area contributed by atoms with Crippen molar-refractivity contribution in [1.82, 2.24) is 19.6 Å². The van der Waals surface area contributed by atoms with E-state index in [2.05, 4.69) is 43.4 Å². The lowest BCUT2D eigenvalue weighted by atomic mass is 10.2. The van der Waals surface area contributed by atoms with E-state index in [1.807, 2.05) is 20.0 Å². The topological polar surface area (TPSA) is 93.8 Å². The number of nitrogens with zero attached hydrogens (tertiary/aromatic N) is 4. The molecule has 1 aromatic carbocycles. The van der Waals surface area contributed by atoms with Crippen molar-refractivity contribution >= 4 is 45.8 Å². The summed E-state index contributed by atoms with van der Waals surface area (Å²) >= 11 is 2.22. The van der Waals surface area contributed by atoms with E-state index in [4.69, 9.17) is 0 Å². The molecule has 0 aliphatic rings. The molecule has 0 saturated heterocycles. The molecule has 8 nitrogen and oxygen atoms in total. The van der Waals surface area contributed by atoms with Crippen molar-refractivity contribution in [2.24, 2.45) is 0 Å². The van der Waals surface area contributed by atoms with Gasteiger partial charge in [-0.3, -0.25) is 19.0 Å². The molecule has 0 saturated carbocycles. The summed E-state index contributed by atoms with van der Waals surface area (Å²) in [6.07, 6.45) is 3.82. The molecule has 0 fully saturated rings. The zero-order chi connectivity index (χ0) is 20.1. The van der Waals surface area contributed by atoms with E-state index in [9.17, 15) is 9.59 Å². The Balaban J connectivity index is 1.58. The van der Waals surface area contributed by atoms with Crippen molar-refractivity contribution < 1.29 is 9.59 Å². The van der Waals surface area contributed by atoms with Gasteiger partial charge in [-0.2, -0.15) is 10.2 Å². The molecule has 0 bridgehead atoms. The Morgan fingerprint density at radius 1 is 1.18 bits per heavy atom. The number of hydrogen-bond acceptors (Lipinski definition) is 4. The third-order valence-corrected chi connectivity index (χ3v) is 5.17. The van der Waals surface area contributed by atoms with Crippen molar-refractivity contribution in [3.63, 3.8) is 0 Å². The minimum Gasteiger partial charge on any atom is -0.326 e. The molecule has 0 radical (unpaired) electrons. The first-order valence-corrected chi connectivity index (χ1v) is 9.96. The fourth-order valence-corrected chi connectivity index (χ4v) is 3.12. The molecule has 0 spiro atoms. The number of carbonyl (C=O) groups excluding carboxylic acids is 2. The van der Waals surface area contributed by atoms with Gasteiger partial charge in [-0.25, -0.2) is 0 Å². The summed E-state index contributed by atoms with van der Waals surface area (Å²) in [6, 6.07) is 8.73. The molecular weight excluding hydrogens is 471 g/mol. The molecular formula is C19H21IN6O2. The minimum absolute atomic E-state index is 0.115. The van der Waals surface area contributed by atoms with Crippen LogP contribution in [0.15, 0.2) is 42.7 Å². The van der Waals surface area contributed by atoms with Crippen LogP contribution in [0, 0.1) is 10.5 Å². The van der Waals surface area contributed by atoms with Gasteiger partial charge in [-0.1, -0.05) is 6.07 Å². The van der Waals surface area contributed by atoms with Crippen LogP contribution in [0.3, 0.4) is 0 Å². The van der Waals surface area contributed by atoms with Crippen LogP contribution in [0.1, 0.15) is 29.5 Å². The van der Waals surface area contributed by atoms with Gasteiger partial charge in [0, 0.05) is 43.3 Å². The van der Waals surface area contributed by atoms with Crippen molar-refractivity contribution in [2.75, 3.05) is 10.6 Å². The van der Waals surface area contributed by atoms with Gasteiger partial charge < -0.3 is 10.6 Å². The predicted octanol–water partition coefficient (Wildman–Crippen LogP) is 3.29. The Kier molecular flexibility index (Phi) is 6.45. The number of nitrogens with one attached hydrogen (secondary N) is 2. The summed E-state index contributed by atoms with van der Waals surface area (Å²) in [5.41, 5.74) is 2.66. The van der Waals surface area contributed by atoms with E-state index in [1.54, 1.807) is 45.9 Å². The van der Waals surface area contributed by atoms with Gasteiger partial charge in [0.25, 0.3) is 5.91 Å². The first-order valence-electron chi connectivity index (χ1n) is 8.89. The summed E-state index contributed by atoms with van der Waals surface area (Å²) in [5, 5.41) is 14.1. The van der Waals surface area contributed by atoms with Crippen LogP contribution in [0.25, 0.3) is 0 Å². The summed E-state index contributed by atoms with van der Waals surface area (Å²) in [4.78, 5) is 24.6. The average Bonchev–Trinajstić information content (AvgIpc) is 3.27. The molecule has 9 heteroatoms. The number of hydrogen-bond donors (Lipinski definition) is 2. The van der Waals surface area contributed by atoms with Gasteiger partial charge in [0.1, 0.15) is 5.69 Å². The zero-order valence-corrected chi connectivity index (χ0v) is 17.8. The summed E-state index contributed by atoms with van der Waals surface area (Å²) in [7, 11) is 0. The fourth-order valence-electron chi connectivity index (χ4n) is 2.70. The highest BCUT2D eigenvalue weighted by Gasteiger charge is 2.12. The highest BCUT2D eigenvalue weighted by Crippen LogP contribution is 2.17. The summed E-state index contributed by atoms with van der Waals surface area (Å²) in [5.74, 6) is -0.359. The maximum Gasteiger partial charge on any atom is 0.273 e. The molecule has 2 aromatic heterocycles. The van der Waals surface area contributed by atoms with E-state index in [1.165, 1.54) is 0 Å². The maximum atomic E-state index is 12.4. The lowest BCUT2D eigenvalue weighted by Crippen LogP contribution is -2.18. The Hall–Kier alpha value is -2.69. The molecule has 2 heterocycles. The number of anilines is 2. The van der Waals surface area contributed by atoms with Gasteiger partial charge >= 0.3 is 0 Å². The molecule has 0 unspecified atom stereocenters. The number of carbonyl (C=O) groups is 2. The van der Waals surface area contributed by atoms with Gasteiger partial charge in [-0.15, -0.1) is 0 Å². The molecule has 0 atom stereocenters. The van der Waals surface area contributed by atoms with Crippen LogP contribution in [0.5, 0.6) is 0 Å². The quantitative estimate of drug-likeness (QED) is 0.495. The smallest absolute Gasteiger partial charge is 0.273 e. The Labute approximate surface area is 176 Å². The van der Waals surface area contributed by atoms with E-state index >= 15 is 0 Å². The first-order chi connectivity index (χ1) is 13.5. The van der Waals surface area contributed by atoms with E-state index in [0.717, 1.165) is 9.26 Å². The predicted molar refractivity (Wildman–Crippen MR) is 115 cm³/mol. The van der Waals surface area contributed by atoms with Gasteiger partial charge in [0.15, 0.2) is 0 Å². The standard InChI is InChI=1S/C19H21IN6O2/c1-3-26-17(7-9-21-26)19(28)23-15-6-4-5-14(11-15)22-18(27)8-10-25-12-16(20)13(2)24-25/h4-7,9,11-12H,3,8,10H2,1-2H3,(H,22,27)(H,23,28). The van der Waals surface area contributed by atoms with Crippen LogP contribution >= 0.6 is 22.6 Å². The van der Waals surface area contributed by atoms with Crippen molar-refractivity contribution in [2.45, 2.75) is 33.4 Å². The molecule has 3 rings (SSSR count). The van der Waals surface area contributed by atoms with Gasteiger partial charge in [0.05, 0.1) is 9.26 Å². The SMILES string of the molecule is CCn1nccc1C(=O)Nc1cccc(NC(=O)CCn2cc(I)c(C)n2)c1.